The number of fused-ring (bicyclic) bond motifs is 1. The molecule has 2 heterocycles. The van der Waals surface area contributed by atoms with Gasteiger partial charge in [0.05, 0.1) is 18.1 Å². The summed E-state index contributed by atoms with van der Waals surface area (Å²) in [5.41, 5.74) is 1.59. The SMILES string of the molecule is O=C1CCCN1c1cccc(CNS(=O)(=O)c2ccc3c(c2)OCCCO3)c1. The van der Waals surface area contributed by atoms with Crippen LogP contribution in [0.5, 0.6) is 11.5 Å². The molecule has 0 bridgehead atoms. The minimum absolute atomic E-state index is 0.102. The van der Waals surface area contributed by atoms with E-state index < -0.39 is 10.0 Å². The molecule has 0 aromatic heterocycles. The lowest BCUT2D eigenvalue weighted by molar-refractivity contribution is -0.117. The fraction of sp³-hybridized carbons (Fsp3) is 0.350. The van der Waals surface area contributed by atoms with Crippen LogP contribution in [0.2, 0.25) is 0 Å². The molecule has 0 atom stereocenters. The molecule has 2 aromatic rings. The molecular formula is C20H22N2O5S. The van der Waals surface area contributed by atoms with Crippen molar-refractivity contribution in [1.82, 2.24) is 4.72 Å². The van der Waals surface area contributed by atoms with Crippen molar-refractivity contribution in [1.29, 1.82) is 0 Å². The average molecular weight is 402 g/mol. The van der Waals surface area contributed by atoms with E-state index in [1.165, 1.54) is 12.1 Å². The van der Waals surface area contributed by atoms with Crippen LogP contribution in [-0.4, -0.2) is 34.1 Å². The first-order valence-electron chi connectivity index (χ1n) is 9.31. The van der Waals surface area contributed by atoms with Crippen molar-refractivity contribution in [2.45, 2.75) is 30.7 Å². The monoisotopic (exact) mass is 402 g/mol. The minimum Gasteiger partial charge on any atom is -0.490 e. The van der Waals surface area contributed by atoms with Gasteiger partial charge in [0.2, 0.25) is 15.9 Å². The number of rotatable bonds is 5. The second kappa shape index (κ2) is 7.81. The molecule has 7 nitrogen and oxygen atoms in total. The molecule has 4 rings (SSSR count). The van der Waals surface area contributed by atoms with E-state index in [9.17, 15) is 13.2 Å². The van der Waals surface area contributed by atoms with Crippen molar-refractivity contribution >= 4 is 21.6 Å². The highest BCUT2D eigenvalue weighted by atomic mass is 32.2. The Morgan fingerprint density at radius 1 is 1.00 bits per heavy atom. The smallest absolute Gasteiger partial charge is 0.241 e. The number of hydrogen-bond acceptors (Lipinski definition) is 5. The van der Waals surface area contributed by atoms with Crippen molar-refractivity contribution in [2.75, 3.05) is 24.7 Å². The fourth-order valence-corrected chi connectivity index (χ4v) is 4.36. The zero-order chi connectivity index (χ0) is 19.6. The van der Waals surface area contributed by atoms with Gasteiger partial charge < -0.3 is 14.4 Å². The van der Waals surface area contributed by atoms with Gasteiger partial charge in [-0.3, -0.25) is 4.79 Å². The molecule has 0 spiro atoms. The summed E-state index contributed by atoms with van der Waals surface area (Å²) in [4.78, 5) is 13.8. The Kier molecular flexibility index (Phi) is 5.23. The van der Waals surface area contributed by atoms with Crippen LogP contribution in [-0.2, 0) is 21.4 Å². The molecule has 1 saturated heterocycles. The van der Waals surface area contributed by atoms with E-state index in [0.717, 1.165) is 24.1 Å². The van der Waals surface area contributed by atoms with E-state index >= 15 is 0 Å². The van der Waals surface area contributed by atoms with E-state index in [2.05, 4.69) is 4.72 Å². The van der Waals surface area contributed by atoms with E-state index in [0.29, 0.717) is 37.7 Å². The van der Waals surface area contributed by atoms with Gasteiger partial charge in [0.1, 0.15) is 0 Å². The van der Waals surface area contributed by atoms with Gasteiger partial charge in [0.25, 0.3) is 0 Å². The molecule has 148 valence electrons. The van der Waals surface area contributed by atoms with Crippen LogP contribution in [0.1, 0.15) is 24.8 Å². The first-order valence-corrected chi connectivity index (χ1v) is 10.8. The summed E-state index contributed by atoms with van der Waals surface area (Å²) in [7, 11) is -3.71. The molecule has 1 fully saturated rings. The molecule has 0 radical (unpaired) electrons. The van der Waals surface area contributed by atoms with Crippen LogP contribution >= 0.6 is 0 Å². The highest BCUT2D eigenvalue weighted by Gasteiger charge is 2.22. The number of ether oxygens (including phenoxy) is 2. The molecule has 2 aromatic carbocycles. The largest absolute Gasteiger partial charge is 0.490 e. The zero-order valence-corrected chi connectivity index (χ0v) is 16.2. The summed E-state index contributed by atoms with van der Waals surface area (Å²) in [6.45, 7) is 1.87. The predicted molar refractivity (Wildman–Crippen MR) is 104 cm³/mol. The van der Waals surface area contributed by atoms with Crippen molar-refractivity contribution in [3.05, 3.63) is 48.0 Å². The Hall–Kier alpha value is -2.58. The lowest BCUT2D eigenvalue weighted by atomic mass is 10.2. The number of carbonyl (C=O) groups excluding carboxylic acids is 1. The lowest BCUT2D eigenvalue weighted by Gasteiger charge is -2.17. The molecule has 0 saturated carbocycles. The number of hydrogen-bond donors (Lipinski definition) is 1. The number of benzene rings is 2. The fourth-order valence-electron chi connectivity index (χ4n) is 3.33. The third kappa shape index (κ3) is 3.98. The van der Waals surface area contributed by atoms with Crippen LogP contribution in [0.25, 0.3) is 0 Å². The first kappa shape index (κ1) is 18.8. The molecule has 2 aliphatic heterocycles. The normalized spacial score (nSPS) is 16.9. The molecular weight excluding hydrogens is 380 g/mol. The van der Waals surface area contributed by atoms with Crippen LogP contribution in [0.15, 0.2) is 47.4 Å². The molecule has 2 aliphatic rings. The number of nitrogens with zero attached hydrogens (tertiary/aromatic N) is 1. The van der Waals surface area contributed by atoms with Crippen molar-refractivity contribution < 1.29 is 22.7 Å². The summed E-state index contributed by atoms with van der Waals surface area (Å²) in [5.74, 6) is 1.10. The molecule has 0 aliphatic carbocycles. The summed E-state index contributed by atoms with van der Waals surface area (Å²) >= 11 is 0. The Bertz CT molecular complexity index is 990. The maximum atomic E-state index is 12.7. The van der Waals surface area contributed by atoms with Gasteiger partial charge in [-0.05, 0) is 36.2 Å². The Labute approximate surface area is 164 Å². The summed E-state index contributed by atoms with van der Waals surface area (Å²) in [6, 6.07) is 12.0. The number of nitrogens with one attached hydrogen (secondary N) is 1. The maximum absolute atomic E-state index is 12.7. The molecule has 8 heteroatoms. The van der Waals surface area contributed by atoms with Gasteiger partial charge in [-0.25, -0.2) is 13.1 Å². The number of amides is 1. The zero-order valence-electron chi connectivity index (χ0n) is 15.4. The van der Waals surface area contributed by atoms with Gasteiger partial charge in [-0.1, -0.05) is 12.1 Å². The lowest BCUT2D eigenvalue weighted by Crippen LogP contribution is -2.25. The van der Waals surface area contributed by atoms with Crippen LogP contribution in [0.4, 0.5) is 5.69 Å². The highest BCUT2D eigenvalue weighted by molar-refractivity contribution is 7.89. The molecule has 1 amide bonds. The summed E-state index contributed by atoms with van der Waals surface area (Å²) < 4.78 is 39.1. The van der Waals surface area contributed by atoms with Gasteiger partial charge in [0.15, 0.2) is 11.5 Å². The molecule has 28 heavy (non-hydrogen) atoms. The van der Waals surface area contributed by atoms with Gasteiger partial charge in [0, 0.05) is 37.7 Å². The molecule has 0 unspecified atom stereocenters. The summed E-state index contributed by atoms with van der Waals surface area (Å²) in [5, 5.41) is 0. The van der Waals surface area contributed by atoms with Gasteiger partial charge >= 0.3 is 0 Å². The van der Waals surface area contributed by atoms with Gasteiger partial charge in [-0.2, -0.15) is 0 Å². The topological polar surface area (TPSA) is 84.9 Å². The first-order chi connectivity index (χ1) is 13.5. The minimum atomic E-state index is -3.71. The summed E-state index contributed by atoms with van der Waals surface area (Å²) in [6.07, 6.45) is 2.16. The van der Waals surface area contributed by atoms with E-state index in [4.69, 9.17) is 9.47 Å². The van der Waals surface area contributed by atoms with Crippen molar-refractivity contribution in [3.8, 4) is 11.5 Å². The second-order valence-electron chi connectivity index (χ2n) is 6.80. The Balaban J connectivity index is 1.48. The molecule has 1 N–H and O–H groups in total. The Morgan fingerprint density at radius 3 is 2.61 bits per heavy atom. The third-order valence-electron chi connectivity index (χ3n) is 4.79. The van der Waals surface area contributed by atoms with Crippen LogP contribution < -0.4 is 19.1 Å². The number of carbonyl (C=O) groups is 1. The van der Waals surface area contributed by atoms with Crippen LogP contribution in [0, 0.1) is 0 Å². The second-order valence-corrected chi connectivity index (χ2v) is 8.57. The maximum Gasteiger partial charge on any atom is 0.241 e. The van der Waals surface area contributed by atoms with E-state index in [-0.39, 0.29) is 17.3 Å². The standard InChI is InChI=1S/C20H22N2O5S/c23-20-6-2-9-22(20)16-5-1-4-15(12-16)14-21-28(24,25)17-7-8-18-19(13-17)27-11-3-10-26-18/h1,4-5,7-8,12-13,21H,2-3,6,9-11,14H2. The quantitative estimate of drug-likeness (QED) is 0.830. The number of sulfonamides is 1. The van der Waals surface area contributed by atoms with E-state index in [1.54, 1.807) is 11.0 Å². The Morgan fingerprint density at radius 2 is 1.82 bits per heavy atom. The highest BCUT2D eigenvalue weighted by Crippen LogP contribution is 2.32. The third-order valence-corrected chi connectivity index (χ3v) is 6.19. The van der Waals surface area contributed by atoms with Crippen molar-refractivity contribution in [2.24, 2.45) is 0 Å². The average Bonchev–Trinajstić information content (AvgIpc) is 2.98. The van der Waals surface area contributed by atoms with Crippen LogP contribution in [0.3, 0.4) is 0 Å². The van der Waals surface area contributed by atoms with E-state index in [1.807, 2.05) is 24.3 Å². The predicted octanol–water partition coefficient (Wildman–Crippen LogP) is 2.45. The van der Waals surface area contributed by atoms with Crippen molar-refractivity contribution in [3.63, 3.8) is 0 Å². The number of anilines is 1. The van der Waals surface area contributed by atoms with Gasteiger partial charge in [-0.15, -0.1) is 0 Å².